The summed E-state index contributed by atoms with van der Waals surface area (Å²) in [6, 6.07) is 4.53. The molecule has 2 N–H and O–H groups in total. The Morgan fingerprint density at radius 3 is 2.46 bits per heavy atom. The molecule has 24 heavy (non-hydrogen) atoms. The molecule has 1 aliphatic heterocycles. The number of likely N-dealkylation sites (tertiary alicyclic amines) is 1. The van der Waals surface area contributed by atoms with Crippen LogP contribution in [0.15, 0.2) is 18.2 Å². The predicted octanol–water partition coefficient (Wildman–Crippen LogP) is 3.28. The van der Waals surface area contributed by atoms with Crippen LogP contribution in [-0.4, -0.2) is 41.3 Å². The number of carbonyl (C=O) groups excluding carboxylic acids is 1. The summed E-state index contributed by atoms with van der Waals surface area (Å²) >= 11 is 0. The summed E-state index contributed by atoms with van der Waals surface area (Å²) in [6.07, 6.45) is -3.82. The molecule has 0 saturated carbocycles. The highest BCUT2D eigenvalue weighted by Crippen LogP contribution is 2.37. The smallest absolute Gasteiger partial charge is 0.394 e. The fourth-order valence-corrected chi connectivity index (χ4v) is 2.92. The van der Waals surface area contributed by atoms with Gasteiger partial charge in [0.1, 0.15) is 0 Å². The zero-order valence-corrected chi connectivity index (χ0v) is 13.4. The molecule has 132 valence electrons. The van der Waals surface area contributed by atoms with Crippen LogP contribution in [0.25, 0.3) is 0 Å². The number of carboxylic acid groups (broad SMARTS) is 1. The number of amides is 2. The Morgan fingerprint density at radius 1 is 1.33 bits per heavy atom. The molecule has 0 aliphatic carbocycles. The minimum atomic E-state index is -4.66. The van der Waals surface area contributed by atoms with Crippen LogP contribution in [0.5, 0.6) is 0 Å². The van der Waals surface area contributed by atoms with E-state index in [1.807, 2.05) is 19.9 Å². The number of benzene rings is 1. The number of hydrogen-bond acceptors (Lipinski definition) is 2. The molecule has 2 rings (SSSR count). The van der Waals surface area contributed by atoms with Gasteiger partial charge in [0.05, 0.1) is 11.8 Å². The van der Waals surface area contributed by atoms with Crippen LogP contribution in [-0.2, 0) is 11.2 Å². The van der Waals surface area contributed by atoms with Gasteiger partial charge in [-0.05, 0) is 36.6 Å². The maximum absolute atomic E-state index is 12.9. The molecule has 2 amide bonds. The van der Waals surface area contributed by atoms with Crippen molar-refractivity contribution in [3.63, 3.8) is 0 Å². The van der Waals surface area contributed by atoms with Crippen molar-refractivity contribution in [2.24, 2.45) is 11.8 Å². The van der Waals surface area contributed by atoms with Gasteiger partial charge >= 0.3 is 18.2 Å². The molecule has 1 fully saturated rings. The normalized spacial score (nSPS) is 21.0. The van der Waals surface area contributed by atoms with E-state index in [2.05, 4.69) is 5.32 Å². The van der Waals surface area contributed by atoms with Crippen LogP contribution in [0.1, 0.15) is 18.1 Å². The zero-order chi connectivity index (χ0) is 18.1. The topological polar surface area (TPSA) is 69.6 Å². The first kappa shape index (κ1) is 18.1. The van der Waals surface area contributed by atoms with Gasteiger partial charge in [-0.15, -0.1) is 0 Å². The van der Waals surface area contributed by atoms with Gasteiger partial charge in [-0.3, -0.25) is 4.79 Å². The highest BCUT2D eigenvalue weighted by molar-refractivity contribution is 5.90. The summed E-state index contributed by atoms with van der Waals surface area (Å²) < 4.78 is 38.8. The van der Waals surface area contributed by atoms with E-state index < -0.39 is 43.1 Å². The first-order valence-electron chi connectivity index (χ1n) is 7.58. The molecule has 0 aromatic heterocycles. The van der Waals surface area contributed by atoms with Crippen molar-refractivity contribution in [2.75, 3.05) is 18.4 Å². The third-order valence-corrected chi connectivity index (χ3v) is 4.32. The fourth-order valence-electron chi connectivity index (χ4n) is 2.92. The van der Waals surface area contributed by atoms with E-state index in [0.29, 0.717) is 5.69 Å². The van der Waals surface area contributed by atoms with Crippen molar-refractivity contribution in [3.8, 4) is 0 Å². The number of hydrogen-bond donors (Lipinski definition) is 2. The molecular weight excluding hydrogens is 325 g/mol. The lowest BCUT2D eigenvalue weighted by molar-refractivity contribution is -0.187. The second kappa shape index (κ2) is 6.70. The summed E-state index contributed by atoms with van der Waals surface area (Å²) in [6.45, 7) is 2.76. The minimum absolute atomic E-state index is 0.461. The van der Waals surface area contributed by atoms with E-state index in [9.17, 15) is 22.8 Å². The number of halogens is 3. The van der Waals surface area contributed by atoms with E-state index in [1.54, 1.807) is 12.1 Å². The molecule has 0 radical (unpaired) electrons. The van der Waals surface area contributed by atoms with Crippen molar-refractivity contribution < 1.29 is 27.9 Å². The molecular formula is C16H19F3N2O3. The van der Waals surface area contributed by atoms with E-state index in [0.717, 1.165) is 22.4 Å². The van der Waals surface area contributed by atoms with Crippen LogP contribution < -0.4 is 5.32 Å². The van der Waals surface area contributed by atoms with Crippen molar-refractivity contribution in [3.05, 3.63) is 29.3 Å². The van der Waals surface area contributed by atoms with Crippen molar-refractivity contribution in [2.45, 2.75) is 26.4 Å². The third-order valence-electron chi connectivity index (χ3n) is 4.32. The second-order valence-electron chi connectivity index (χ2n) is 5.92. The summed E-state index contributed by atoms with van der Waals surface area (Å²) in [7, 11) is 0. The Balaban J connectivity index is 2.10. The highest BCUT2D eigenvalue weighted by Gasteiger charge is 2.53. The number of alkyl halides is 3. The van der Waals surface area contributed by atoms with Gasteiger partial charge in [0, 0.05) is 18.8 Å². The van der Waals surface area contributed by atoms with Crippen LogP contribution in [0.2, 0.25) is 0 Å². The quantitative estimate of drug-likeness (QED) is 0.884. The number of aliphatic carboxylic acids is 1. The van der Waals surface area contributed by atoms with Gasteiger partial charge in [-0.2, -0.15) is 13.2 Å². The number of nitrogens with zero attached hydrogens (tertiary/aromatic N) is 1. The van der Waals surface area contributed by atoms with Gasteiger partial charge in [-0.1, -0.05) is 13.0 Å². The molecule has 0 spiro atoms. The summed E-state index contributed by atoms with van der Waals surface area (Å²) in [5, 5.41) is 11.5. The Morgan fingerprint density at radius 2 is 2.00 bits per heavy atom. The Bertz CT molecular complexity index is 646. The molecule has 8 heteroatoms. The lowest BCUT2D eigenvalue weighted by atomic mass is 9.96. The second-order valence-corrected chi connectivity index (χ2v) is 5.92. The molecule has 1 aromatic rings. The monoisotopic (exact) mass is 344 g/mol. The lowest BCUT2D eigenvalue weighted by Crippen LogP contribution is -2.35. The summed E-state index contributed by atoms with van der Waals surface area (Å²) in [5.41, 5.74) is 2.54. The van der Waals surface area contributed by atoms with Gasteiger partial charge in [0.15, 0.2) is 0 Å². The molecule has 1 heterocycles. The van der Waals surface area contributed by atoms with Crippen LogP contribution in [0, 0.1) is 18.8 Å². The number of carbonyl (C=O) groups is 2. The summed E-state index contributed by atoms with van der Waals surface area (Å²) in [4.78, 5) is 24.1. The summed E-state index contributed by atoms with van der Waals surface area (Å²) in [5.74, 6) is -5.24. The maximum Gasteiger partial charge on any atom is 0.394 e. The van der Waals surface area contributed by atoms with E-state index in [1.165, 1.54) is 0 Å². The average Bonchev–Trinajstić information content (AvgIpc) is 2.93. The van der Waals surface area contributed by atoms with E-state index in [4.69, 9.17) is 5.11 Å². The molecule has 1 saturated heterocycles. The fraction of sp³-hybridized carbons (Fsp3) is 0.500. The number of carboxylic acids is 1. The standard InChI is InChI=1S/C16H19F3N2O3/c1-3-10-4-5-11(6-9(10)2)20-15(24)21-7-12(14(22)23)13(8-21)16(17,18)19/h4-6,12-13H,3,7-8H2,1-2H3,(H,20,24)(H,22,23)/t12-,13-/m1/s1. The largest absolute Gasteiger partial charge is 0.481 e. The number of urea groups is 1. The predicted molar refractivity (Wildman–Crippen MR) is 81.8 cm³/mol. The molecule has 2 atom stereocenters. The Labute approximate surface area is 137 Å². The van der Waals surface area contributed by atoms with Gasteiger partial charge < -0.3 is 15.3 Å². The van der Waals surface area contributed by atoms with Gasteiger partial charge in [-0.25, -0.2) is 4.79 Å². The number of rotatable bonds is 3. The number of nitrogens with one attached hydrogen (secondary N) is 1. The Hall–Kier alpha value is -2.25. The molecule has 1 aromatic carbocycles. The molecule has 1 aliphatic rings. The maximum atomic E-state index is 12.9. The van der Waals surface area contributed by atoms with Crippen molar-refractivity contribution in [1.29, 1.82) is 0 Å². The van der Waals surface area contributed by atoms with Crippen LogP contribution in [0.3, 0.4) is 0 Å². The minimum Gasteiger partial charge on any atom is -0.481 e. The van der Waals surface area contributed by atoms with Crippen LogP contribution >= 0.6 is 0 Å². The van der Waals surface area contributed by atoms with Crippen LogP contribution in [0.4, 0.5) is 23.7 Å². The molecule has 5 nitrogen and oxygen atoms in total. The van der Waals surface area contributed by atoms with Gasteiger partial charge in [0.2, 0.25) is 0 Å². The first-order chi connectivity index (χ1) is 11.1. The first-order valence-corrected chi connectivity index (χ1v) is 7.58. The highest BCUT2D eigenvalue weighted by atomic mass is 19.4. The van der Waals surface area contributed by atoms with Gasteiger partial charge in [0.25, 0.3) is 0 Å². The van der Waals surface area contributed by atoms with E-state index >= 15 is 0 Å². The van der Waals surface area contributed by atoms with E-state index in [-0.39, 0.29) is 0 Å². The number of aryl methyl sites for hydroxylation is 2. The average molecular weight is 344 g/mol. The van der Waals surface area contributed by atoms with Crippen molar-refractivity contribution in [1.82, 2.24) is 4.90 Å². The SMILES string of the molecule is CCc1ccc(NC(=O)N2C[C@@H](C(F)(F)F)[C@H](C(=O)O)C2)cc1C. The molecule has 0 unspecified atom stereocenters. The number of anilines is 1. The Kier molecular flexibility index (Phi) is 5.05. The molecule has 0 bridgehead atoms. The lowest BCUT2D eigenvalue weighted by Gasteiger charge is -2.19. The zero-order valence-electron chi connectivity index (χ0n) is 13.4. The van der Waals surface area contributed by atoms with Crippen molar-refractivity contribution >= 4 is 17.7 Å². The third kappa shape index (κ3) is 3.80.